The standard InChI is InChI=1S/C5H10.ClO2.2Na.H3O4P/c1-4-5(2)3;2-1-3;;;1-5(2,3)4/h4H,1-3H3;;;;(H3,1,2,3,4)/q;-1;2*+1;/p-1. The quantitative estimate of drug-likeness (QED) is 0.258. The van der Waals surface area contributed by atoms with Gasteiger partial charge in [-0.1, -0.05) is 11.6 Å². The van der Waals surface area contributed by atoms with Gasteiger partial charge in [0, 0.05) is 0 Å². The van der Waals surface area contributed by atoms with Crippen LogP contribution in [0.5, 0.6) is 0 Å². The summed E-state index contributed by atoms with van der Waals surface area (Å²) in [6.45, 7) is 6.20. The van der Waals surface area contributed by atoms with Gasteiger partial charge in [-0.05, 0) is 20.8 Å². The van der Waals surface area contributed by atoms with Crippen molar-refractivity contribution in [3.63, 3.8) is 0 Å². The molecule has 0 aromatic heterocycles. The molecule has 0 aromatic carbocycles. The molecule has 0 unspecified atom stereocenters. The van der Waals surface area contributed by atoms with Gasteiger partial charge in [0.25, 0.3) is 7.82 Å². The number of allylic oxidation sites excluding steroid dienone is 2. The Morgan fingerprint density at radius 1 is 1.27 bits per heavy atom. The number of hydrogen-bond acceptors (Lipinski definition) is 4. The van der Waals surface area contributed by atoms with Gasteiger partial charge >= 0.3 is 59.1 Å². The van der Waals surface area contributed by atoms with E-state index < -0.39 is 19.1 Å². The second-order valence-electron chi connectivity index (χ2n) is 1.92. The number of hydrogen-bond donors (Lipinski definition) is 2. The van der Waals surface area contributed by atoms with Gasteiger partial charge in [0.05, 0.1) is 11.3 Å². The molecule has 0 aliphatic rings. The van der Waals surface area contributed by atoms with E-state index in [0.29, 0.717) is 0 Å². The summed E-state index contributed by atoms with van der Waals surface area (Å²) in [5, 5.41) is 0. The van der Waals surface area contributed by atoms with Crippen molar-refractivity contribution in [1.29, 1.82) is 0 Å². The zero-order valence-electron chi connectivity index (χ0n) is 9.43. The van der Waals surface area contributed by atoms with E-state index in [0.717, 1.165) is 0 Å². The van der Waals surface area contributed by atoms with Crippen LogP contribution in [0.4, 0.5) is 0 Å². The minimum atomic E-state index is -4.89. The van der Waals surface area contributed by atoms with Crippen molar-refractivity contribution in [1.82, 2.24) is 0 Å². The Kier molecular flexibility index (Phi) is 43.1. The van der Waals surface area contributed by atoms with Gasteiger partial charge in [0.1, 0.15) is 0 Å². The molecule has 0 aromatic rings. The normalized spacial score (nSPS) is 7.47. The summed E-state index contributed by atoms with van der Waals surface area (Å²) in [4.78, 5) is 22.9. The van der Waals surface area contributed by atoms with Crippen molar-refractivity contribution in [2.45, 2.75) is 20.8 Å². The van der Waals surface area contributed by atoms with Gasteiger partial charge in [-0.15, -0.1) is 0 Å². The molecule has 82 valence electrons. The van der Waals surface area contributed by atoms with Crippen LogP contribution in [-0.2, 0) is 4.57 Å². The Bertz CT molecular complexity index is 161. The fourth-order valence-corrected chi connectivity index (χ4v) is 0. The first-order valence-corrected chi connectivity index (χ1v) is 5.09. The second-order valence-corrected chi connectivity index (χ2v) is 3.03. The van der Waals surface area contributed by atoms with Crippen LogP contribution in [0.2, 0.25) is 0 Å². The molecule has 0 aliphatic carbocycles. The van der Waals surface area contributed by atoms with Crippen LogP contribution < -0.4 is 73.3 Å². The van der Waals surface area contributed by atoms with Crippen LogP contribution in [0.3, 0.4) is 0 Å². The van der Waals surface area contributed by atoms with E-state index in [4.69, 9.17) is 28.6 Å². The molecule has 0 spiro atoms. The van der Waals surface area contributed by atoms with Gasteiger partial charge in [0.2, 0.25) is 0 Å². The maximum absolute atomic E-state index is 8.77. The minimum Gasteiger partial charge on any atom is -0.756 e. The van der Waals surface area contributed by atoms with E-state index in [1.165, 1.54) is 5.57 Å². The fourth-order valence-electron chi connectivity index (χ4n) is 0. The zero-order chi connectivity index (χ0) is 11.5. The van der Waals surface area contributed by atoms with E-state index in [2.05, 4.69) is 19.9 Å². The van der Waals surface area contributed by atoms with Crippen LogP contribution in [0, 0.1) is 11.3 Å². The molecule has 10 heteroatoms. The van der Waals surface area contributed by atoms with E-state index >= 15 is 0 Å². The van der Waals surface area contributed by atoms with Gasteiger partial charge in [-0.25, -0.2) is 0 Å². The maximum atomic E-state index is 8.77. The Labute approximate surface area is 138 Å². The van der Waals surface area contributed by atoms with Crippen molar-refractivity contribution in [2.75, 3.05) is 0 Å². The molecule has 0 amide bonds. The minimum absolute atomic E-state index is 0. The zero-order valence-corrected chi connectivity index (χ0v) is 15.1. The van der Waals surface area contributed by atoms with Gasteiger partial charge < -0.3 is 24.0 Å². The molecule has 0 saturated carbocycles. The van der Waals surface area contributed by atoms with Gasteiger partial charge in [0.15, 0.2) is 0 Å². The Balaban J connectivity index is -0.0000000322. The third-order valence-electron chi connectivity index (χ3n) is 0.577. The predicted molar refractivity (Wildman–Crippen MR) is 37.1 cm³/mol. The van der Waals surface area contributed by atoms with E-state index in [9.17, 15) is 0 Å². The van der Waals surface area contributed by atoms with E-state index in [-0.39, 0.29) is 59.1 Å². The van der Waals surface area contributed by atoms with Crippen LogP contribution in [-0.4, -0.2) is 9.79 Å². The molecule has 0 atom stereocenters. The smallest absolute Gasteiger partial charge is 0.756 e. The second kappa shape index (κ2) is 21.4. The molecule has 0 bridgehead atoms. The first kappa shape index (κ1) is 30.3. The van der Waals surface area contributed by atoms with Gasteiger partial charge in [-0.2, -0.15) is 0 Å². The molecule has 0 radical (unpaired) electrons. The van der Waals surface area contributed by atoms with Crippen molar-refractivity contribution in [3.05, 3.63) is 11.6 Å². The summed E-state index contributed by atoms with van der Waals surface area (Å²) in [6.07, 6.45) is 2.08. The summed E-state index contributed by atoms with van der Waals surface area (Å²) in [5.41, 5.74) is 1.38. The molecule has 15 heavy (non-hydrogen) atoms. The Hall–Kier alpha value is 2.06. The Morgan fingerprint density at radius 2 is 1.33 bits per heavy atom. The third-order valence-corrected chi connectivity index (χ3v) is 0.577. The number of halogens is 1. The summed E-state index contributed by atoms with van der Waals surface area (Å²) >= 11 is -0.417. The topological polar surface area (TPSA) is 127 Å². The molecule has 0 fully saturated rings. The average Bonchev–Trinajstić information content (AvgIpc) is 1.85. The Morgan fingerprint density at radius 3 is 1.33 bits per heavy atom. The molecule has 0 rings (SSSR count). The summed E-state index contributed by atoms with van der Waals surface area (Å²) in [5.74, 6) is 0. The monoisotopic (exact) mass is 280 g/mol. The van der Waals surface area contributed by atoms with Crippen LogP contribution in [0.15, 0.2) is 11.6 Å². The van der Waals surface area contributed by atoms with Gasteiger partial charge in [-0.3, -0.25) is 4.57 Å². The largest absolute Gasteiger partial charge is 1.00 e. The molecule has 6 nitrogen and oxygen atoms in total. The first-order valence-electron chi connectivity index (χ1n) is 2.94. The molecule has 0 saturated heterocycles. The molecular formula is C5H12ClNa2O6P. The SMILES string of the molecule is CC=C(C)C.O=P([O-])(O)O.[Na+].[Na+].[O-][Cl+][O-]. The summed E-state index contributed by atoms with van der Waals surface area (Å²) in [6, 6.07) is 0. The third kappa shape index (κ3) is 193. The summed E-state index contributed by atoms with van der Waals surface area (Å²) < 4.78 is 25.2. The van der Waals surface area contributed by atoms with Crippen molar-refractivity contribution >= 4 is 7.82 Å². The molecule has 2 N–H and O–H groups in total. The predicted octanol–water partition coefficient (Wildman–Crippen LogP) is -7.96. The van der Waals surface area contributed by atoms with Crippen LogP contribution in [0.1, 0.15) is 20.8 Å². The number of phosphoric acid groups is 1. The van der Waals surface area contributed by atoms with Crippen LogP contribution >= 0.6 is 7.82 Å². The van der Waals surface area contributed by atoms with Crippen molar-refractivity contribution in [2.24, 2.45) is 0 Å². The van der Waals surface area contributed by atoms with E-state index in [1.54, 1.807) is 0 Å². The first-order chi connectivity index (χ1) is 5.68. The van der Waals surface area contributed by atoms with Crippen molar-refractivity contribution < 1.29 is 99.0 Å². The van der Waals surface area contributed by atoms with E-state index in [1.807, 2.05) is 6.92 Å². The molecular weight excluding hydrogens is 268 g/mol. The maximum Gasteiger partial charge on any atom is 1.00 e. The average molecular weight is 281 g/mol. The number of rotatable bonds is 0. The molecule has 0 aliphatic heterocycles. The van der Waals surface area contributed by atoms with Crippen molar-refractivity contribution in [3.8, 4) is 0 Å². The molecule has 0 heterocycles. The fraction of sp³-hybridized carbons (Fsp3) is 0.600. The summed E-state index contributed by atoms with van der Waals surface area (Å²) in [7, 11) is -4.89. The van der Waals surface area contributed by atoms with Crippen LogP contribution in [0.25, 0.3) is 0 Å².